The molecule has 0 aromatic carbocycles. The lowest BCUT2D eigenvalue weighted by molar-refractivity contribution is -0.141. The van der Waals surface area contributed by atoms with Gasteiger partial charge in [-0.1, -0.05) is 5.16 Å². The van der Waals surface area contributed by atoms with E-state index in [1.54, 1.807) is 6.07 Å². The average Bonchev–Trinajstić information content (AvgIpc) is 2.49. The number of nitrogens with zero attached hydrogens (tertiary/aromatic N) is 1. The summed E-state index contributed by atoms with van der Waals surface area (Å²) in [4.78, 5) is 21.5. The highest BCUT2D eigenvalue weighted by atomic mass is 79.9. The fraction of sp³-hybridized carbons (Fsp3) is 0.375. The molecule has 1 unspecified atom stereocenters. The molecule has 0 saturated heterocycles. The summed E-state index contributed by atoms with van der Waals surface area (Å²) in [5.41, 5.74) is 0. The SMILES string of the molecule is CC(=O)NC(Cc1cc(Br)no1)C(=O)O. The minimum Gasteiger partial charge on any atom is -0.480 e. The second kappa shape index (κ2) is 4.92. The number of halogens is 1. The number of aliphatic carboxylic acids is 1. The van der Waals surface area contributed by atoms with Crippen molar-refractivity contribution in [3.05, 3.63) is 16.4 Å². The molecule has 0 fully saturated rings. The van der Waals surface area contributed by atoms with E-state index in [1.165, 1.54) is 6.92 Å². The molecule has 82 valence electrons. The lowest BCUT2D eigenvalue weighted by Crippen LogP contribution is -2.41. The van der Waals surface area contributed by atoms with Crippen molar-refractivity contribution in [3.8, 4) is 0 Å². The summed E-state index contributed by atoms with van der Waals surface area (Å²) in [6, 6.07) is 0.556. The quantitative estimate of drug-likeness (QED) is 0.839. The first-order valence-corrected chi connectivity index (χ1v) is 4.89. The molecule has 0 saturated carbocycles. The van der Waals surface area contributed by atoms with Crippen molar-refractivity contribution >= 4 is 27.8 Å². The highest BCUT2D eigenvalue weighted by Crippen LogP contribution is 2.11. The normalized spacial score (nSPS) is 12.1. The summed E-state index contributed by atoms with van der Waals surface area (Å²) in [5, 5.41) is 14.6. The van der Waals surface area contributed by atoms with E-state index >= 15 is 0 Å². The van der Waals surface area contributed by atoms with Crippen molar-refractivity contribution in [2.75, 3.05) is 0 Å². The first-order valence-electron chi connectivity index (χ1n) is 4.10. The lowest BCUT2D eigenvalue weighted by Gasteiger charge is -2.10. The number of carbonyl (C=O) groups is 2. The van der Waals surface area contributed by atoms with Crippen molar-refractivity contribution in [2.45, 2.75) is 19.4 Å². The van der Waals surface area contributed by atoms with E-state index < -0.39 is 17.9 Å². The number of carboxylic acids is 1. The Morgan fingerprint density at radius 3 is 2.80 bits per heavy atom. The molecule has 1 aromatic heterocycles. The Kier molecular flexibility index (Phi) is 3.84. The van der Waals surface area contributed by atoms with Crippen LogP contribution in [0.1, 0.15) is 12.7 Å². The predicted octanol–water partition coefficient (Wildman–Crippen LogP) is 0.569. The molecule has 0 aliphatic rings. The maximum absolute atomic E-state index is 10.8. The molecule has 0 aliphatic heterocycles. The summed E-state index contributed by atoms with van der Waals surface area (Å²) < 4.78 is 5.31. The van der Waals surface area contributed by atoms with Crippen molar-refractivity contribution in [3.63, 3.8) is 0 Å². The average molecular weight is 277 g/mol. The summed E-state index contributed by atoms with van der Waals surface area (Å²) in [5.74, 6) is -1.12. The highest BCUT2D eigenvalue weighted by molar-refractivity contribution is 9.10. The second-order valence-corrected chi connectivity index (χ2v) is 3.72. The Labute approximate surface area is 93.8 Å². The third kappa shape index (κ3) is 3.70. The van der Waals surface area contributed by atoms with Crippen LogP contribution >= 0.6 is 15.9 Å². The van der Waals surface area contributed by atoms with Crippen LogP contribution in [0.2, 0.25) is 0 Å². The Morgan fingerprint density at radius 1 is 1.73 bits per heavy atom. The van der Waals surface area contributed by atoms with Crippen LogP contribution < -0.4 is 5.32 Å². The van der Waals surface area contributed by atoms with E-state index in [4.69, 9.17) is 9.63 Å². The van der Waals surface area contributed by atoms with Gasteiger partial charge in [0.25, 0.3) is 0 Å². The van der Waals surface area contributed by atoms with Gasteiger partial charge in [0.15, 0.2) is 0 Å². The fourth-order valence-electron chi connectivity index (χ4n) is 1.03. The molecule has 1 heterocycles. The molecule has 2 N–H and O–H groups in total. The first kappa shape index (κ1) is 11.7. The van der Waals surface area contributed by atoms with Crippen molar-refractivity contribution in [2.24, 2.45) is 0 Å². The minimum atomic E-state index is -1.11. The third-order valence-electron chi connectivity index (χ3n) is 1.61. The number of amides is 1. The summed E-state index contributed by atoms with van der Waals surface area (Å²) >= 11 is 3.07. The topological polar surface area (TPSA) is 92.4 Å². The predicted molar refractivity (Wildman–Crippen MR) is 53.1 cm³/mol. The van der Waals surface area contributed by atoms with Crippen LogP contribution in [0.3, 0.4) is 0 Å². The van der Waals surface area contributed by atoms with Gasteiger partial charge < -0.3 is 14.9 Å². The van der Waals surface area contributed by atoms with Crippen LogP contribution in [0.4, 0.5) is 0 Å². The molecule has 1 rings (SSSR count). The third-order valence-corrected chi connectivity index (χ3v) is 1.98. The van der Waals surface area contributed by atoms with E-state index in [0.717, 1.165) is 0 Å². The van der Waals surface area contributed by atoms with Crippen molar-refractivity contribution in [1.29, 1.82) is 0 Å². The molecule has 1 aromatic rings. The van der Waals surface area contributed by atoms with Crippen LogP contribution in [0, 0.1) is 0 Å². The van der Waals surface area contributed by atoms with Gasteiger partial charge in [0.05, 0.1) is 0 Å². The van der Waals surface area contributed by atoms with Crippen LogP contribution in [0.25, 0.3) is 0 Å². The molecule has 0 bridgehead atoms. The maximum Gasteiger partial charge on any atom is 0.326 e. The zero-order valence-electron chi connectivity index (χ0n) is 7.86. The molecule has 1 atom stereocenters. The Morgan fingerprint density at radius 2 is 2.40 bits per heavy atom. The molecular formula is C8H9BrN2O4. The van der Waals surface area contributed by atoms with Crippen LogP contribution in [0.5, 0.6) is 0 Å². The van der Waals surface area contributed by atoms with Gasteiger partial charge in [-0.25, -0.2) is 4.79 Å². The number of rotatable bonds is 4. The van der Waals surface area contributed by atoms with E-state index in [9.17, 15) is 9.59 Å². The Balaban J connectivity index is 2.66. The molecule has 7 heteroatoms. The summed E-state index contributed by atoms with van der Waals surface area (Å²) in [7, 11) is 0. The number of nitrogens with one attached hydrogen (secondary N) is 1. The number of hydrogen-bond donors (Lipinski definition) is 2. The van der Waals surface area contributed by atoms with Gasteiger partial charge in [0.2, 0.25) is 5.91 Å². The Bertz CT molecular complexity index is 376. The maximum atomic E-state index is 10.8. The van der Waals surface area contributed by atoms with Crippen molar-refractivity contribution in [1.82, 2.24) is 10.5 Å². The molecule has 0 radical (unpaired) electrons. The standard InChI is InChI=1S/C8H9BrN2O4/c1-4(12)10-6(8(13)14)2-5-3-7(9)11-15-5/h3,6H,2H2,1H3,(H,10,12)(H,13,14). The number of carboxylic acid groups (broad SMARTS) is 1. The molecule has 0 spiro atoms. The summed E-state index contributed by atoms with van der Waals surface area (Å²) in [6.07, 6.45) is 0.0630. The van der Waals surface area contributed by atoms with Gasteiger partial charge in [-0.05, 0) is 15.9 Å². The van der Waals surface area contributed by atoms with Crippen molar-refractivity contribution < 1.29 is 19.2 Å². The van der Waals surface area contributed by atoms with Crippen LogP contribution in [0.15, 0.2) is 15.2 Å². The second-order valence-electron chi connectivity index (χ2n) is 2.91. The smallest absolute Gasteiger partial charge is 0.326 e. The first-order chi connectivity index (χ1) is 6.99. The number of hydrogen-bond acceptors (Lipinski definition) is 4. The Hall–Kier alpha value is -1.37. The number of aromatic nitrogens is 1. The van der Waals surface area contributed by atoms with E-state index in [2.05, 4.69) is 26.4 Å². The van der Waals surface area contributed by atoms with Gasteiger partial charge in [0, 0.05) is 19.4 Å². The van der Waals surface area contributed by atoms with Gasteiger partial charge in [-0.15, -0.1) is 0 Å². The van der Waals surface area contributed by atoms with E-state index in [0.29, 0.717) is 10.4 Å². The fourth-order valence-corrected chi connectivity index (χ4v) is 1.36. The van der Waals surface area contributed by atoms with Crippen LogP contribution in [-0.4, -0.2) is 28.2 Å². The van der Waals surface area contributed by atoms with Crippen LogP contribution in [-0.2, 0) is 16.0 Å². The van der Waals surface area contributed by atoms with E-state index in [1.807, 2.05) is 0 Å². The zero-order valence-corrected chi connectivity index (χ0v) is 9.44. The molecular weight excluding hydrogens is 268 g/mol. The van der Waals surface area contributed by atoms with Gasteiger partial charge in [0.1, 0.15) is 16.4 Å². The zero-order chi connectivity index (χ0) is 11.4. The van der Waals surface area contributed by atoms with E-state index in [-0.39, 0.29) is 6.42 Å². The largest absolute Gasteiger partial charge is 0.480 e. The molecule has 6 nitrogen and oxygen atoms in total. The monoisotopic (exact) mass is 276 g/mol. The molecule has 15 heavy (non-hydrogen) atoms. The molecule has 0 aliphatic carbocycles. The summed E-state index contributed by atoms with van der Waals surface area (Å²) in [6.45, 7) is 1.26. The van der Waals surface area contributed by atoms with Gasteiger partial charge >= 0.3 is 5.97 Å². The lowest BCUT2D eigenvalue weighted by atomic mass is 10.1. The highest BCUT2D eigenvalue weighted by Gasteiger charge is 2.20. The molecule has 1 amide bonds. The van der Waals surface area contributed by atoms with Gasteiger partial charge in [-0.2, -0.15) is 0 Å². The van der Waals surface area contributed by atoms with Gasteiger partial charge in [-0.3, -0.25) is 4.79 Å². The number of carbonyl (C=O) groups excluding carboxylic acids is 1. The minimum absolute atomic E-state index is 0.0630.